The monoisotopic (exact) mass is 1150 g/mol. The fraction of sp³-hybridized carbons (Fsp3) is 0. The fourth-order valence-corrected chi connectivity index (χ4v) is 14.0. The van der Waals surface area contributed by atoms with Crippen molar-refractivity contribution >= 4 is 87.2 Å². The van der Waals surface area contributed by atoms with Gasteiger partial charge in [-0.2, -0.15) is 5.26 Å². The maximum absolute atomic E-state index is 9.84. The van der Waals surface area contributed by atoms with Crippen LogP contribution in [0.15, 0.2) is 309 Å². The molecule has 0 spiro atoms. The fourth-order valence-electron chi connectivity index (χ4n) is 14.0. The minimum absolute atomic E-state index is 0.588. The summed E-state index contributed by atoms with van der Waals surface area (Å²) in [5.74, 6) is 0.607. The standard InChI is InChI=1S/C83H51N7/c84-52-53-32-34-54(35-33-53)73-51-74(86-83(85-73)55-18-4-1-5-19-55)60-44-63(89-75-28-14-10-24-65(75)69-40-36-58(48-81(69)89)56-38-42-79-71(46-56)67-26-12-16-30-77(67)87(79)61-20-6-2-7-21-61)50-64(45-60)90-76-29-15-11-25-66(76)70-41-37-59(49-82(70)90)57-39-43-80-72(47-57)68-27-13-17-31-78(68)88(80)62-22-8-3-9-23-62/h1-51H. The number of nitriles is 1. The van der Waals surface area contributed by atoms with Gasteiger partial charge in [0.2, 0.25) is 0 Å². The molecule has 0 fully saturated rings. The first-order valence-corrected chi connectivity index (χ1v) is 30.4. The van der Waals surface area contributed by atoms with Crippen molar-refractivity contribution in [2.75, 3.05) is 0 Å². The second-order valence-electron chi connectivity index (χ2n) is 23.3. The summed E-state index contributed by atoms with van der Waals surface area (Å²) in [7, 11) is 0. The van der Waals surface area contributed by atoms with E-state index in [-0.39, 0.29) is 0 Å². The molecule has 5 heterocycles. The number of aromatic nitrogens is 6. The molecule has 0 bridgehead atoms. The van der Waals surface area contributed by atoms with E-state index in [4.69, 9.17) is 9.97 Å². The summed E-state index contributed by atoms with van der Waals surface area (Å²) in [6.45, 7) is 0. The molecule has 90 heavy (non-hydrogen) atoms. The maximum atomic E-state index is 9.84. The van der Waals surface area contributed by atoms with Crippen molar-refractivity contribution in [1.29, 1.82) is 5.26 Å². The molecule has 7 heteroatoms. The highest BCUT2D eigenvalue weighted by atomic mass is 15.0. The van der Waals surface area contributed by atoms with Crippen molar-refractivity contribution in [3.8, 4) is 85.0 Å². The molecule has 418 valence electrons. The van der Waals surface area contributed by atoms with E-state index >= 15 is 0 Å². The van der Waals surface area contributed by atoms with E-state index in [0.29, 0.717) is 11.4 Å². The average Bonchev–Trinajstić information content (AvgIpc) is 1.63. The van der Waals surface area contributed by atoms with Gasteiger partial charge in [0.25, 0.3) is 0 Å². The predicted molar refractivity (Wildman–Crippen MR) is 371 cm³/mol. The molecule has 0 atom stereocenters. The highest BCUT2D eigenvalue weighted by Gasteiger charge is 2.22. The van der Waals surface area contributed by atoms with Crippen molar-refractivity contribution in [1.82, 2.24) is 28.2 Å². The van der Waals surface area contributed by atoms with E-state index in [1.165, 1.54) is 43.6 Å². The van der Waals surface area contributed by atoms with Gasteiger partial charge in [0, 0.05) is 82.5 Å². The Morgan fingerprint density at radius 3 is 1.02 bits per heavy atom. The second-order valence-corrected chi connectivity index (χ2v) is 23.3. The Morgan fingerprint density at radius 2 is 0.567 bits per heavy atom. The molecule has 18 rings (SSSR count). The highest BCUT2D eigenvalue weighted by molar-refractivity contribution is 6.15. The Kier molecular flexibility index (Phi) is 11.5. The largest absolute Gasteiger partial charge is 0.309 e. The van der Waals surface area contributed by atoms with Crippen LogP contribution >= 0.6 is 0 Å². The van der Waals surface area contributed by atoms with E-state index in [0.717, 1.165) is 117 Å². The first kappa shape index (κ1) is 50.9. The molecule has 0 amide bonds. The van der Waals surface area contributed by atoms with E-state index < -0.39 is 0 Å². The van der Waals surface area contributed by atoms with E-state index in [2.05, 4.69) is 291 Å². The van der Waals surface area contributed by atoms with E-state index in [1.54, 1.807) is 0 Å². The zero-order chi connectivity index (χ0) is 59.4. The van der Waals surface area contributed by atoms with Crippen molar-refractivity contribution in [2.45, 2.75) is 0 Å². The lowest BCUT2D eigenvalue weighted by Gasteiger charge is -2.17. The van der Waals surface area contributed by atoms with Crippen molar-refractivity contribution < 1.29 is 0 Å². The molecule has 0 N–H and O–H groups in total. The van der Waals surface area contributed by atoms with Crippen LogP contribution in [0.1, 0.15) is 5.56 Å². The maximum Gasteiger partial charge on any atom is 0.160 e. The Morgan fingerprint density at radius 1 is 0.222 bits per heavy atom. The molecule has 0 unspecified atom stereocenters. The van der Waals surface area contributed by atoms with Crippen LogP contribution in [0.4, 0.5) is 0 Å². The Hall–Kier alpha value is -12.4. The topological polar surface area (TPSA) is 69.3 Å². The van der Waals surface area contributed by atoms with Gasteiger partial charge in [0.1, 0.15) is 0 Å². The first-order chi connectivity index (χ1) is 44.6. The van der Waals surface area contributed by atoms with Crippen LogP contribution in [-0.4, -0.2) is 28.2 Å². The molecule has 0 saturated carbocycles. The van der Waals surface area contributed by atoms with Crippen molar-refractivity contribution in [2.24, 2.45) is 0 Å². The van der Waals surface area contributed by atoms with Crippen molar-refractivity contribution in [3.05, 3.63) is 315 Å². The van der Waals surface area contributed by atoms with Gasteiger partial charge in [-0.15, -0.1) is 0 Å². The SMILES string of the molecule is N#Cc1ccc(-c2cc(-c3cc(-n4c5ccccc5c5ccc(-c6ccc7c(c6)c6ccccc6n7-c6ccccc6)cc54)cc(-n4c5ccccc5c5ccc(-c6ccc7c(c6)c6ccccc6n7-c6ccccc6)cc54)c3)nc(-c3ccccc3)n2)cc1. The summed E-state index contributed by atoms with van der Waals surface area (Å²) in [5.41, 5.74) is 22.6. The smallest absolute Gasteiger partial charge is 0.160 e. The van der Waals surface area contributed by atoms with Gasteiger partial charge in [-0.3, -0.25) is 0 Å². The molecular formula is C83H51N7. The summed E-state index contributed by atoms with van der Waals surface area (Å²) >= 11 is 0. The van der Waals surface area contributed by atoms with Gasteiger partial charge in [-0.05, 0) is 144 Å². The molecule has 0 aliphatic carbocycles. The van der Waals surface area contributed by atoms with Crippen LogP contribution in [-0.2, 0) is 0 Å². The number of benzene rings is 13. The summed E-state index contributed by atoms with van der Waals surface area (Å²) in [5, 5.41) is 19.3. The average molecular weight is 1150 g/mol. The number of fused-ring (bicyclic) bond motifs is 12. The van der Waals surface area contributed by atoms with Crippen LogP contribution in [0.2, 0.25) is 0 Å². The molecule has 13 aromatic carbocycles. The predicted octanol–water partition coefficient (Wildman–Crippen LogP) is 21.1. The molecular weight excluding hydrogens is 1090 g/mol. The van der Waals surface area contributed by atoms with Crippen LogP contribution in [0, 0.1) is 11.3 Å². The Labute approximate surface area is 517 Å². The second kappa shape index (κ2) is 20.4. The quantitative estimate of drug-likeness (QED) is 0.145. The number of rotatable bonds is 9. The van der Waals surface area contributed by atoms with Crippen molar-refractivity contribution in [3.63, 3.8) is 0 Å². The van der Waals surface area contributed by atoms with Crippen LogP contribution < -0.4 is 0 Å². The lowest BCUT2D eigenvalue weighted by atomic mass is 10.0. The van der Waals surface area contributed by atoms with E-state index in [1.807, 2.05) is 42.5 Å². The van der Waals surface area contributed by atoms with Gasteiger partial charge >= 0.3 is 0 Å². The molecule has 0 radical (unpaired) electrons. The highest BCUT2D eigenvalue weighted by Crippen LogP contribution is 2.43. The number of hydrogen-bond donors (Lipinski definition) is 0. The minimum Gasteiger partial charge on any atom is -0.309 e. The van der Waals surface area contributed by atoms with Crippen LogP contribution in [0.5, 0.6) is 0 Å². The molecule has 7 nitrogen and oxygen atoms in total. The molecule has 5 aromatic heterocycles. The zero-order valence-corrected chi connectivity index (χ0v) is 48.6. The van der Waals surface area contributed by atoms with Crippen LogP contribution in [0.25, 0.3) is 166 Å². The van der Waals surface area contributed by atoms with Gasteiger partial charge < -0.3 is 18.3 Å². The molecule has 0 saturated heterocycles. The summed E-state index contributed by atoms with van der Waals surface area (Å²) in [6.07, 6.45) is 0. The molecule has 18 aromatic rings. The normalized spacial score (nSPS) is 11.8. The third-order valence-electron chi connectivity index (χ3n) is 18.2. The lowest BCUT2D eigenvalue weighted by Crippen LogP contribution is -2.02. The molecule has 0 aliphatic heterocycles. The minimum atomic E-state index is 0.588. The van der Waals surface area contributed by atoms with Gasteiger partial charge in [-0.25, -0.2) is 9.97 Å². The van der Waals surface area contributed by atoms with E-state index in [9.17, 15) is 5.26 Å². The Balaban J connectivity index is 0.879. The third kappa shape index (κ3) is 8.13. The Bertz CT molecular complexity index is 5670. The van der Waals surface area contributed by atoms with Gasteiger partial charge in [0.15, 0.2) is 5.82 Å². The lowest BCUT2D eigenvalue weighted by molar-refractivity contribution is 1.13. The zero-order valence-electron chi connectivity index (χ0n) is 48.6. The summed E-state index contributed by atoms with van der Waals surface area (Å²) < 4.78 is 9.64. The number of nitrogens with zero attached hydrogens (tertiary/aromatic N) is 7. The van der Waals surface area contributed by atoms with Gasteiger partial charge in [0.05, 0.1) is 67.2 Å². The third-order valence-corrected chi connectivity index (χ3v) is 18.2. The van der Waals surface area contributed by atoms with Gasteiger partial charge in [-0.1, -0.05) is 188 Å². The van der Waals surface area contributed by atoms with Crippen LogP contribution in [0.3, 0.4) is 0 Å². The number of para-hydroxylation sites is 6. The summed E-state index contributed by atoms with van der Waals surface area (Å²) in [4.78, 5) is 10.7. The number of hydrogen-bond acceptors (Lipinski definition) is 3. The first-order valence-electron chi connectivity index (χ1n) is 30.4. The molecule has 0 aliphatic rings. The summed E-state index contributed by atoms with van der Waals surface area (Å²) in [6, 6.07) is 113.